The molecule has 24 heavy (non-hydrogen) atoms. The van der Waals surface area contributed by atoms with E-state index in [9.17, 15) is 9.90 Å². The van der Waals surface area contributed by atoms with Gasteiger partial charge in [-0.1, -0.05) is 31.5 Å². The molecule has 3 atom stereocenters. The summed E-state index contributed by atoms with van der Waals surface area (Å²) in [5, 5.41) is 12.7. The first-order valence-electron chi connectivity index (χ1n) is 8.19. The van der Waals surface area contributed by atoms with Crippen molar-refractivity contribution >= 4 is 11.7 Å². The Labute approximate surface area is 140 Å². The maximum Gasteiger partial charge on any atom is 0.256 e. The maximum atomic E-state index is 12.1. The Bertz CT molecular complexity index is 693. The highest BCUT2D eigenvalue weighted by atomic mass is 16.5. The van der Waals surface area contributed by atoms with E-state index in [0.717, 1.165) is 12.8 Å². The van der Waals surface area contributed by atoms with E-state index in [1.54, 1.807) is 30.3 Å². The fourth-order valence-electron chi connectivity index (χ4n) is 3.01. The highest BCUT2D eigenvalue weighted by Gasteiger charge is 2.33. The third kappa shape index (κ3) is 3.89. The molecule has 0 aliphatic heterocycles. The van der Waals surface area contributed by atoms with Gasteiger partial charge in [0.2, 0.25) is 5.88 Å². The maximum absolute atomic E-state index is 12.1. The summed E-state index contributed by atoms with van der Waals surface area (Å²) in [6.07, 6.45) is 3.33. The van der Waals surface area contributed by atoms with E-state index < -0.39 is 0 Å². The van der Waals surface area contributed by atoms with Gasteiger partial charge in [0.25, 0.3) is 5.91 Å². The van der Waals surface area contributed by atoms with E-state index >= 15 is 0 Å². The van der Waals surface area contributed by atoms with Gasteiger partial charge in [0, 0.05) is 18.1 Å². The van der Waals surface area contributed by atoms with Crippen LogP contribution in [0.5, 0.6) is 5.88 Å². The van der Waals surface area contributed by atoms with Gasteiger partial charge >= 0.3 is 0 Å². The van der Waals surface area contributed by atoms with Crippen molar-refractivity contribution in [3.05, 3.63) is 48.3 Å². The Morgan fingerprint density at radius 2 is 2.08 bits per heavy atom. The van der Waals surface area contributed by atoms with E-state index in [4.69, 9.17) is 4.74 Å². The Hall–Kier alpha value is -2.47. The summed E-state index contributed by atoms with van der Waals surface area (Å²) in [5.74, 6) is 0.832. The van der Waals surface area contributed by atoms with Gasteiger partial charge in [-0.3, -0.25) is 4.79 Å². The molecule has 2 aromatic rings. The van der Waals surface area contributed by atoms with Crippen LogP contribution >= 0.6 is 0 Å². The van der Waals surface area contributed by atoms with Crippen LogP contribution in [0.4, 0.5) is 5.82 Å². The van der Waals surface area contributed by atoms with Crippen molar-refractivity contribution in [3.8, 4) is 5.88 Å². The largest absolute Gasteiger partial charge is 0.474 e. The number of aliphatic hydroxyl groups excluding tert-OH is 1. The molecule has 0 unspecified atom stereocenters. The number of carbonyl (C=O) groups excluding carboxylic acids is 1. The third-order valence-corrected chi connectivity index (χ3v) is 4.35. The molecule has 1 fully saturated rings. The summed E-state index contributed by atoms with van der Waals surface area (Å²) < 4.78 is 5.84. The molecule has 0 bridgehead atoms. The molecule has 1 aliphatic carbocycles. The van der Waals surface area contributed by atoms with Crippen LogP contribution in [0.25, 0.3) is 0 Å². The standard InChI is InChI=1S/C18H21N3O3/c1-2-12-8-14(9-15(12)22)24-17-10-16(19-11-20-17)21-18(23)13-6-4-3-5-7-13/h3-7,10-12,14-15,22H,2,8-9H2,1H3,(H,19,20,21,23)/t12-,14+,15-/m0/s1. The molecule has 126 valence electrons. The Balaban J connectivity index is 1.63. The first-order valence-corrected chi connectivity index (χ1v) is 8.19. The van der Waals surface area contributed by atoms with Crippen molar-refractivity contribution in [2.45, 2.75) is 38.4 Å². The predicted molar refractivity (Wildman–Crippen MR) is 89.9 cm³/mol. The number of amides is 1. The molecule has 0 radical (unpaired) electrons. The summed E-state index contributed by atoms with van der Waals surface area (Å²) in [7, 11) is 0. The molecule has 2 N–H and O–H groups in total. The SMILES string of the molecule is CC[C@H]1C[C@@H](Oc2cc(NC(=O)c3ccccc3)ncn2)C[C@@H]1O. The Morgan fingerprint density at radius 1 is 1.29 bits per heavy atom. The van der Waals surface area contributed by atoms with E-state index in [1.165, 1.54) is 6.33 Å². The summed E-state index contributed by atoms with van der Waals surface area (Å²) in [5.41, 5.74) is 0.559. The zero-order chi connectivity index (χ0) is 16.9. The molecule has 1 aliphatic rings. The monoisotopic (exact) mass is 327 g/mol. The molecule has 1 aromatic heterocycles. The second kappa shape index (κ2) is 7.40. The van der Waals surface area contributed by atoms with E-state index in [1.807, 2.05) is 6.07 Å². The first-order chi connectivity index (χ1) is 11.7. The molecule has 1 amide bonds. The van der Waals surface area contributed by atoms with Gasteiger partial charge in [0.05, 0.1) is 6.10 Å². The second-order valence-electron chi connectivity index (χ2n) is 6.01. The number of ether oxygens (including phenoxy) is 1. The van der Waals surface area contributed by atoms with Crippen LogP contribution in [-0.4, -0.2) is 33.2 Å². The number of nitrogens with zero attached hydrogens (tertiary/aromatic N) is 2. The van der Waals surface area contributed by atoms with Crippen molar-refractivity contribution in [1.82, 2.24) is 9.97 Å². The molecule has 1 aromatic carbocycles. The molecule has 1 heterocycles. The molecular formula is C18H21N3O3. The Morgan fingerprint density at radius 3 is 2.79 bits per heavy atom. The number of aromatic nitrogens is 2. The molecule has 6 nitrogen and oxygen atoms in total. The van der Waals surface area contributed by atoms with Crippen LogP contribution in [0.3, 0.4) is 0 Å². The lowest BCUT2D eigenvalue weighted by molar-refractivity contribution is 0.102. The average Bonchev–Trinajstić information content (AvgIpc) is 2.95. The minimum absolute atomic E-state index is 0.0578. The fourth-order valence-corrected chi connectivity index (χ4v) is 3.01. The van der Waals surface area contributed by atoms with Crippen LogP contribution < -0.4 is 10.1 Å². The van der Waals surface area contributed by atoms with Gasteiger partial charge in [-0.15, -0.1) is 0 Å². The number of hydrogen-bond donors (Lipinski definition) is 2. The van der Waals surface area contributed by atoms with Gasteiger partial charge in [-0.25, -0.2) is 9.97 Å². The van der Waals surface area contributed by atoms with Crippen LogP contribution in [0.2, 0.25) is 0 Å². The molecular weight excluding hydrogens is 306 g/mol. The van der Waals surface area contributed by atoms with Gasteiger partial charge in [0.15, 0.2) is 0 Å². The van der Waals surface area contributed by atoms with Crippen molar-refractivity contribution in [2.75, 3.05) is 5.32 Å². The molecule has 0 spiro atoms. The number of carbonyl (C=O) groups is 1. The lowest BCUT2D eigenvalue weighted by Crippen LogP contribution is -2.16. The van der Waals surface area contributed by atoms with Gasteiger partial charge in [0.1, 0.15) is 18.2 Å². The van der Waals surface area contributed by atoms with Crippen LogP contribution in [0, 0.1) is 5.92 Å². The van der Waals surface area contributed by atoms with Crippen molar-refractivity contribution in [3.63, 3.8) is 0 Å². The minimum Gasteiger partial charge on any atom is -0.474 e. The predicted octanol–water partition coefficient (Wildman–Crippen LogP) is 2.66. The summed E-state index contributed by atoms with van der Waals surface area (Å²) in [6.45, 7) is 2.07. The highest BCUT2D eigenvalue weighted by molar-refractivity contribution is 6.03. The number of nitrogens with one attached hydrogen (secondary N) is 1. The number of anilines is 1. The van der Waals surface area contributed by atoms with Crippen LogP contribution in [0.1, 0.15) is 36.5 Å². The van der Waals surface area contributed by atoms with E-state index in [0.29, 0.717) is 23.7 Å². The van der Waals surface area contributed by atoms with Gasteiger partial charge in [-0.05, 0) is 24.5 Å². The number of hydrogen-bond acceptors (Lipinski definition) is 5. The molecule has 3 rings (SSSR count). The first kappa shape index (κ1) is 16.4. The van der Waals surface area contributed by atoms with Gasteiger partial charge < -0.3 is 15.2 Å². The normalized spacial score (nSPS) is 23.0. The third-order valence-electron chi connectivity index (χ3n) is 4.35. The number of benzene rings is 1. The highest BCUT2D eigenvalue weighted by Crippen LogP contribution is 2.31. The summed E-state index contributed by atoms with van der Waals surface area (Å²) >= 11 is 0. The molecule has 6 heteroatoms. The zero-order valence-electron chi connectivity index (χ0n) is 13.6. The minimum atomic E-state index is -0.320. The number of aliphatic hydroxyl groups is 1. The zero-order valence-corrected chi connectivity index (χ0v) is 13.6. The van der Waals surface area contributed by atoms with Crippen LogP contribution in [0.15, 0.2) is 42.7 Å². The molecule has 1 saturated carbocycles. The Kier molecular flexibility index (Phi) is 5.05. The van der Waals surface area contributed by atoms with E-state index in [-0.39, 0.29) is 24.0 Å². The lowest BCUT2D eigenvalue weighted by Gasteiger charge is -2.13. The lowest BCUT2D eigenvalue weighted by atomic mass is 10.0. The second-order valence-corrected chi connectivity index (χ2v) is 6.01. The van der Waals surface area contributed by atoms with Crippen molar-refractivity contribution in [1.29, 1.82) is 0 Å². The van der Waals surface area contributed by atoms with Crippen molar-refractivity contribution < 1.29 is 14.6 Å². The molecule has 0 saturated heterocycles. The summed E-state index contributed by atoms with van der Waals surface area (Å²) in [6, 6.07) is 10.5. The van der Waals surface area contributed by atoms with E-state index in [2.05, 4.69) is 22.2 Å². The summed E-state index contributed by atoms with van der Waals surface area (Å²) in [4.78, 5) is 20.3. The number of rotatable bonds is 5. The van der Waals surface area contributed by atoms with Crippen molar-refractivity contribution in [2.24, 2.45) is 5.92 Å². The average molecular weight is 327 g/mol. The topological polar surface area (TPSA) is 84.3 Å². The fraction of sp³-hybridized carbons (Fsp3) is 0.389. The smallest absolute Gasteiger partial charge is 0.256 e. The quantitative estimate of drug-likeness (QED) is 0.882. The van der Waals surface area contributed by atoms with Gasteiger partial charge in [-0.2, -0.15) is 0 Å². The van der Waals surface area contributed by atoms with Crippen LogP contribution in [-0.2, 0) is 0 Å².